The van der Waals surface area contributed by atoms with Crippen LogP contribution in [0.5, 0.6) is 5.75 Å². The van der Waals surface area contributed by atoms with Crippen molar-refractivity contribution < 1.29 is 14.1 Å². The van der Waals surface area contributed by atoms with Crippen LogP contribution in [0.1, 0.15) is 33.4 Å². The highest BCUT2D eigenvalue weighted by Gasteiger charge is 2.20. The van der Waals surface area contributed by atoms with E-state index in [-0.39, 0.29) is 17.1 Å². The average Bonchev–Trinajstić information content (AvgIpc) is 3.30. The molecule has 3 rings (SSSR count). The number of anilines is 1. The molecule has 1 N–H and O–H groups in total. The van der Waals surface area contributed by atoms with E-state index in [4.69, 9.17) is 9.26 Å². The van der Waals surface area contributed by atoms with E-state index < -0.39 is 0 Å². The van der Waals surface area contributed by atoms with Gasteiger partial charge in [0.1, 0.15) is 11.4 Å². The summed E-state index contributed by atoms with van der Waals surface area (Å²) in [5, 5.41) is 18.9. The number of ether oxygens (including phenoxy) is 1. The topological polar surface area (TPSA) is 108 Å². The van der Waals surface area contributed by atoms with Crippen LogP contribution < -0.4 is 10.1 Å². The highest BCUT2D eigenvalue weighted by Crippen LogP contribution is 2.26. The van der Waals surface area contributed by atoms with E-state index in [9.17, 15) is 4.79 Å². The normalized spacial score (nSPS) is 11.4. The fourth-order valence-electron chi connectivity index (χ4n) is 2.32. The first kappa shape index (κ1) is 19.9. The summed E-state index contributed by atoms with van der Waals surface area (Å²) in [6.45, 7) is 8.49. The van der Waals surface area contributed by atoms with Crippen LogP contribution >= 0.6 is 11.8 Å². The predicted molar refractivity (Wildman–Crippen MR) is 105 cm³/mol. The number of hydrogen-bond donors (Lipinski definition) is 1. The van der Waals surface area contributed by atoms with Crippen LogP contribution in [0.15, 0.2) is 40.0 Å². The van der Waals surface area contributed by atoms with Crippen LogP contribution in [0.2, 0.25) is 0 Å². The molecular formula is C18H22N6O3S. The Morgan fingerprint density at radius 3 is 2.82 bits per heavy atom. The number of hydrogen-bond acceptors (Lipinski definition) is 8. The molecule has 0 aliphatic rings. The molecule has 1 aromatic carbocycles. The number of para-hydroxylation sites is 2. The van der Waals surface area contributed by atoms with E-state index in [0.717, 1.165) is 5.69 Å². The molecule has 2 heterocycles. The van der Waals surface area contributed by atoms with E-state index in [1.807, 2.05) is 52.0 Å². The van der Waals surface area contributed by atoms with Gasteiger partial charge in [-0.2, -0.15) is 4.68 Å². The minimum Gasteiger partial charge on any atom is -0.492 e. The van der Waals surface area contributed by atoms with Crippen LogP contribution in [0.4, 0.5) is 5.88 Å². The van der Waals surface area contributed by atoms with E-state index in [1.54, 1.807) is 10.7 Å². The van der Waals surface area contributed by atoms with Gasteiger partial charge in [-0.15, -0.1) is 5.10 Å². The van der Waals surface area contributed by atoms with Crippen molar-refractivity contribution in [3.8, 4) is 11.4 Å². The molecule has 10 heteroatoms. The van der Waals surface area contributed by atoms with Gasteiger partial charge in [-0.25, -0.2) is 0 Å². The largest absolute Gasteiger partial charge is 0.492 e. The Labute approximate surface area is 166 Å². The fraction of sp³-hybridized carbons (Fsp3) is 0.389. The summed E-state index contributed by atoms with van der Waals surface area (Å²) in [4.78, 5) is 12.3. The van der Waals surface area contributed by atoms with E-state index in [2.05, 4.69) is 26.0 Å². The first-order valence-electron chi connectivity index (χ1n) is 8.79. The van der Waals surface area contributed by atoms with Crippen LogP contribution in [-0.4, -0.2) is 43.6 Å². The molecule has 0 fully saturated rings. The maximum Gasteiger partial charge on any atom is 0.237 e. The average molecular weight is 402 g/mol. The van der Waals surface area contributed by atoms with Gasteiger partial charge < -0.3 is 9.26 Å². The van der Waals surface area contributed by atoms with Gasteiger partial charge in [0, 0.05) is 11.5 Å². The maximum atomic E-state index is 12.3. The number of amides is 1. The number of nitrogens with zero attached hydrogens (tertiary/aromatic N) is 5. The lowest BCUT2D eigenvalue weighted by atomic mass is 9.92. The summed E-state index contributed by atoms with van der Waals surface area (Å²) in [5.74, 6) is 0.856. The molecule has 3 aromatic rings. The van der Waals surface area contributed by atoms with Crippen molar-refractivity contribution in [2.24, 2.45) is 0 Å². The van der Waals surface area contributed by atoms with Crippen LogP contribution in [0.25, 0.3) is 5.69 Å². The van der Waals surface area contributed by atoms with Gasteiger partial charge in [-0.3, -0.25) is 10.1 Å². The Kier molecular flexibility index (Phi) is 5.98. The molecule has 0 radical (unpaired) electrons. The molecular weight excluding hydrogens is 380 g/mol. The van der Waals surface area contributed by atoms with Crippen molar-refractivity contribution in [1.82, 2.24) is 25.4 Å². The van der Waals surface area contributed by atoms with E-state index in [1.165, 1.54) is 11.8 Å². The fourth-order valence-corrected chi connectivity index (χ4v) is 3.00. The SMILES string of the molecule is CCOc1ccccc1-n1nnnc1SCC(=O)Nc1cc(C(C)(C)C)no1. The Balaban J connectivity index is 1.66. The molecule has 0 saturated carbocycles. The third-order valence-electron chi connectivity index (χ3n) is 3.71. The lowest BCUT2D eigenvalue weighted by Gasteiger charge is -2.12. The third-order valence-corrected chi connectivity index (χ3v) is 4.63. The lowest BCUT2D eigenvalue weighted by Crippen LogP contribution is -2.14. The highest BCUT2D eigenvalue weighted by molar-refractivity contribution is 7.99. The highest BCUT2D eigenvalue weighted by atomic mass is 32.2. The molecule has 2 aromatic heterocycles. The molecule has 0 aliphatic heterocycles. The number of carbonyl (C=O) groups is 1. The van der Waals surface area contributed by atoms with Gasteiger partial charge in [0.05, 0.1) is 18.1 Å². The Morgan fingerprint density at radius 2 is 2.11 bits per heavy atom. The van der Waals surface area contributed by atoms with Gasteiger partial charge in [0.15, 0.2) is 0 Å². The molecule has 148 valence electrons. The zero-order valence-electron chi connectivity index (χ0n) is 16.2. The summed E-state index contributed by atoms with van der Waals surface area (Å²) >= 11 is 1.21. The minimum absolute atomic E-state index is 0.114. The summed E-state index contributed by atoms with van der Waals surface area (Å²) in [7, 11) is 0. The van der Waals surface area contributed by atoms with E-state index >= 15 is 0 Å². The second kappa shape index (κ2) is 8.42. The molecule has 0 bridgehead atoms. The third kappa shape index (κ3) is 4.69. The monoisotopic (exact) mass is 402 g/mol. The number of carbonyl (C=O) groups excluding carboxylic acids is 1. The molecule has 0 aliphatic carbocycles. The number of tetrazole rings is 1. The predicted octanol–water partition coefficient (Wildman–Crippen LogP) is 3.08. The molecule has 0 spiro atoms. The molecule has 0 saturated heterocycles. The van der Waals surface area contributed by atoms with Crippen LogP contribution in [0.3, 0.4) is 0 Å². The summed E-state index contributed by atoms with van der Waals surface area (Å²) in [6.07, 6.45) is 0. The molecule has 28 heavy (non-hydrogen) atoms. The molecule has 0 unspecified atom stereocenters. The number of benzene rings is 1. The number of thioether (sulfide) groups is 1. The van der Waals surface area contributed by atoms with Crippen LogP contribution in [0, 0.1) is 0 Å². The van der Waals surface area contributed by atoms with Crippen molar-refractivity contribution >= 4 is 23.6 Å². The summed E-state index contributed by atoms with van der Waals surface area (Å²) in [6, 6.07) is 9.18. The van der Waals surface area contributed by atoms with Gasteiger partial charge in [-0.1, -0.05) is 49.8 Å². The smallest absolute Gasteiger partial charge is 0.237 e. The van der Waals surface area contributed by atoms with E-state index in [0.29, 0.717) is 29.1 Å². The van der Waals surface area contributed by atoms with Crippen molar-refractivity contribution in [3.63, 3.8) is 0 Å². The molecule has 1 amide bonds. The zero-order valence-corrected chi connectivity index (χ0v) is 17.0. The Bertz CT molecular complexity index is 947. The zero-order chi connectivity index (χ0) is 20.1. The number of aromatic nitrogens is 5. The standard InChI is InChI=1S/C18H22N6O3S/c1-5-26-13-9-7-6-8-12(13)24-17(20-22-23-24)28-11-15(25)19-16-10-14(21-27-16)18(2,3)4/h6-10H,5,11H2,1-4H3,(H,19,25). The first-order valence-corrected chi connectivity index (χ1v) is 9.77. The lowest BCUT2D eigenvalue weighted by molar-refractivity contribution is -0.113. The Hall–Kier alpha value is -2.88. The van der Waals surface area contributed by atoms with Gasteiger partial charge in [-0.05, 0) is 29.5 Å². The van der Waals surface area contributed by atoms with Crippen LogP contribution in [-0.2, 0) is 10.2 Å². The summed E-state index contributed by atoms with van der Waals surface area (Å²) in [5.41, 5.74) is 1.33. The van der Waals surface area contributed by atoms with Crippen molar-refractivity contribution in [2.45, 2.75) is 38.3 Å². The van der Waals surface area contributed by atoms with Gasteiger partial charge in [0.2, 0.25) is 16.9 Å². The van der Waals surface area contributed by atoms with Crippen molar-refractivity contribution in [3.05, 3.63) is 36.0 Å². The van der Waals surface area contributed by atoms with Gasteiger partial charge >= 0.3 is 0 Å². The second-order valence-electron chi connectivity index (χ2n) is 6.94. The quantitative estimate of drug-likeness (QED) is 0.601. The maximum absolute atomic E-state index is 12.3. The number of nitrogens with one attached hydrogen (secondary N) is 1. The van der Waals surface area contributed by atoms with Crippen molar-refractivity contribution in [2.75, 3.05) is 17.7 Å². The summed E-state index contributed by atoms with van der Waals surface area (Å²) < 4.78 is 12.4. The second-order valence-corrected chi connectivity index (χ2v) is 7.88. The minimum atomic E-state index is -0.241. The molecule has 9 nitrogen and oxygen atoms in total. The number of rotatable bonds is 7. The Morgan fingerprint density at radius 1 is 1.32 bits per heavy atom. The first-order chi connectivity index (χ1) is 13.4. The van der Waals surface area contributed by atoms with Gasteiger partial charge in [0.25, 0.3) is 0 Å². The molecule has 0 atom stereocenters. The van der Waals surface area contributed by atoms with Crippen molar-refractivity contribution in [1.29, 1.82) is 0 Å².